The van der Waals surface area contributed by atoms with E-state index in [9.17, 15) is 14.2 Å². The minimum atomic E-state index is -3.22. The summed E-state index contributed by atoms with van der Waals surface area (Å²) in [7, 11) is 0. The van der Waals surface area contributed by atoms with Crippen molar-refractivity contribution in [2.45, 2.75) is 19.8 Å². The number of para-hydroxylation sites is 1. The summed E-state index contributed by atoms with van der Waals surface area (Å²) in [6.45, 7) is 4.13. The number of benzene rings is 1. The summed E-state index contributed by atoms with van der Waals surface area (Å²) in [5.74, 6) is 0.804. The molecule has 0 aliphatic heterocycles. The Morgan fingerprint density at radius 3 is 1.40 bits per heavy atom. The van der Waals surface area contributed by atoms with Crippen molar-refractivity contribution in [3.63, 3.8) is 0 Å². The maximum Gasteiger partial charge on any atom is 0.339 e. The number of phenols is 1. The predicted molar refractivity (Wildman–Crippen MR) is 92.5 cm³/mol. The van der Waals surface area contributed by atoms with Crippen LogP contribution in [0.5, 0.6) is 5.75 Å². The lowest BCUT2D eigenvalue weighted by molar-refractivity contribution is 0.465. The van der Waals surface area contributed by atoms with Crippen LogP contribution in [-0.4, -0.2) is 5.11 Å². The lowest BCUT2D eigenvalue weighted by atomic mass is 10.0. The second kappa shape index (κ2) is 10.9. The molecule has 1 rings (SSSR count). The highest BCUT2D eigenvalue weighted by atomic mass is 36.1. The van der Waals surface area contributed by atoms with Gasteiger partial charge in [-0.1, -0.05) is 32.0 Å². The van der Waals surface area contributed by atoms with Crippen LogP contribution < -0.4 is 0 Å². The predicted octanol–water partition coefficient (Wildman–Crippen LogP) is 8.14. The van der Waals surface area contributed by atoms with Crippen LogP contribution in [0, 0.1) is 0 Å². The highest BCUT2D eigenvalue weighted by Gasteiger charge is 2.03. The third kappa shape index (κ3) is 24.3. The Morgan fingerprint density at radius 1 is 0.900 bits per heavy atom. The first-order chi connectivity index (χ1) is 8.72. The molecule has 1 N–H and O–H groups in total. The molecular formula is C9H12Cl6O3P2. The summed E-state index contributed by atoms with van der Waals surface area (Å²) < 4.78 is 19.0. The van der Waals surface area contributed by atoms with E-state index in [4.69, 9.17) is 0 Å². The Morgan fingerprint density at radius 2 is 1.20 bits per heavy atom. The highest BCUT2D eigenvalue weighted by Crippen LogP contribution is 2.61. The third-order valence-electron chi connectivity index (χ3n) is 1.56. The summed E-state index contributed by atoms with van der Waals surface area (Å²) >= 11 is 27.7. The summed E-state index contributed by atoms with van der Waals surface area (Å²) in [5.41, 5.74) is 1.02. The minimum absolute atomic E-state index is 0.400. The molecule has 0 bridgehead atoms. The van der Waals surface area contributed by atoms with Crippen LogP contribution in [0.1, 0.15) is 25.3 Å². The molecule has 0 aromatic heterocycles. The molecular weight excluding hydrogens is 431 g/mol. The van der Waals surface area contributed by atoms with Gasteiger partial charge in [0.1, 0.15) is 5.75 Å². The van der Waals surface area contributed by atoms with Gasteiger partial charge < -0.3 is 5.11 Å². The number of halogens is 6. The van der Waals surface area contributed by atoms with Crippen molar-refractivity contribution in [2.24, 2.45) is 0 Å². The van der Waals surface area contributed by atoms with Gasteiger partial charge in [-0.25, -0.2) is 0 Å². The SMILES string of the molecule is CC(C)c1ccccc1O.O=P(Cl)(Cl)Cl.O=P(Cl)(Cl)Cl. The molecule has 20 heavy (non-hydrogen) atoms. The van der Waals surface area contributed by atoms with E-state index in [1.54, 1.807) is 6.07 Å². The quantitative estimate of drug-likeness (QED) is 0.446. The molecule has 3 nitrogen and oxygen atoms in total. The molecule has 0 aliphatic rings. The van der Waals surface area contributed by atoms with Gasteiger partial charge in [0, 0.05) is 0 Å². The topological polar surface area (TPSA) is 54.4 Å². The lowest BCUT2D eigenvalue weighted by Crippen LogP contribution is -1.85. The average Bonchev–Trinajstić information content (AvgIpc) is 2.12. The second-order valence-electron chi connectivity index (χ2n) is 3.51. The lowest BCUT2D eigenvalue weighted by Gasteiger charge is -2.05. The molecule has 0 saturated carbocycles. The molecule has 0 radical (unpaired) electrons. The Labute approximate surface area is 146 Å². The Kier molecular flexibility index (Phi) is 12.8. The van der Waals surface area contributed by atoms with Crippen molar-refractivity contribution in [1.82, 2.24) is 0 Å². The van der Waals surface area contributed by atoms with E-state index in [-0.39, 0.29) is 0 Å². The summed E-state index contributed by atoms with van der Waals surface area (Å²) in [4.78, 5) is 0. The molecule has 0 aliphatic carbocycles. The summed E-state index contributed by atoms with van der Waals surface area (Å²) in [6.07, 6.45) is 0. The van der Waals surface area contributed by atoms with E-state index in [0.29, 0.717) is 11.7 Å². The van der Waals surface area contributed by atoms with Gasteiger partial charge in [-0.15, -0.1) is 0 Å². The van der Waals surface area contributed by atoms with Gasteiger partial charge >= 0.3 is 10.4 Å². The van der Waals surface area contributed by atoms with E-state index in [1.807, 2.05) is 18.2 Å². The standard InChI is InChI=1S/C9H12O.2Cl3OP/c1-7(2)8-5-3-4-6-9(8)10;2*1-5(2,3)4/h3-7,10H,1-2H3;;. The largest absolute Gasteiger partial charge is 0.508 e. The van der Waals surface area contributed by atoms with E-state index >= 15 is 0 Å². The summed E-state index contributed by atoms with van der Waals surface area (Å²) in [6, 6.07) is 7.44. The van der Waals surface area contributed by atoms with Crippen LogP contribution in [0.3, 0.4) is 0 Å². The van der Waals surface area contributed by atoms with Gasteiger partial charge in [0.05, 0.1) is 0 Å². The number of hydrogen-bond acceptors (Lipinski definition) is 3. The normalized spacial score (nSPS) is 11.1. The van der Waals surface area contributed by atoms with E-state index in [2.05, 4.69) is 81.3 Å². The molecule has 0 unspecified atom stereocenters. The van der Waals surface area contributed by atoms with Gasteiger partial charge in [-0.2, -0.15) is 0 Å². The van der Waals surface area contributed by atoms with Crippen molar-refractivity contribution >= 4 is 77.8 Å². The highest BCUT2D eigenvalue weighted by molar-refractivity contribution is 8.25. The molecule has 0 amide bonds. The Bertz CT molecular complexity index is 448. The van der Waals surface area contributed by atoms with E-state index in [0.717, 1.165) is 5.56 Å². The molecule has 1 aromatic carbocycles. The Balaban J connectivity index is 0. The zero-order chi connectivity index (χ0) is 16.6. The molecule has 0 saturated heterocycles. The third-order valence-corrected chi connectivity index (χ3v) is 1.56. The number of hydrogen-bond donors (Lipinski definition) is 1. The fourth-order valence-electron chi connectivity index (χ4n) is 0.976. The first kappa shape index (κ1) is 23.5. The zero-order valence-corrected chi connectivity index (χ0v) is 16.6. The second-order valence-corrected chi connectivity index (χ2v) is 16.8. The van der Waals surface area contributed by atoms with Crippen LogP contribution in [0.15, 0.2) is 24.3 Å². The first-order valence-electron chi connectivity index (χ1n) is 4.87. The smallest absolute Gasteiger partial charge is 0.339 e. The zero-order valence-electron chi connectivity index (χ0n) is 10.3. The molecule has 0 atom stereocenters. The first-order valence-corrected chi connectivity index (χ1v) is 13.7. The van der Waals surface area contributed by atoms with Crippen LogP contribution >= 0.6 is 77.8 Å². The van der Waals surface area contributed by atoms with Crippen LogP contribution in [0.2, 0.25) is 0 Å². The van der Waals surface area contributed by atoms with Gasteiger partial charge in [-0.3, -0.25) is 9.13 Å². The van der Waals surface area contributed by atoms with Crippen LogP contribution in [0.25, 0.3) is 0 Å². The van der Waals surface area contributed by atoms with Gasteiger partial charge in [-0.05, 0) is 85.0 Å². The van der Waals surface area contributed by atoms with Crippen LogP contribution in [-0.2, 0) is 9.13 Å². The number of phenolic OH excluding ortho intramolecular Hbond substituents is 1. The molecule has 1 aromatic rings. The summed E-state index contributed by atoms with van der Waals surface area (Å²) in [5, 5.41) is 2.84. The van der Waals surface area contributed by atoms with Gasteiger partial charge in [0.25, 0.3) is 0 Å². The van der Waals surface area contributed by atoms with E-state index in [1.165, 1.54) is 0 Å². The van der Waals surface area contributed by atoms with Crippen molar-refractivity contribution in [2.75, 3.05) is 0 Å². The maximum atomic E-state index is 9.51. The molecule has 0 fully saturated rings. The maximum absolute atomic E-state index is 9.51. The fraction of sp³-hybridized carbons (Fsp3) is 0.333. The number of aromatic hydroxyl groups is 1. The molecule has 118 valence electrons. The molecule has 11 heteroatoms. The fourth-order valence-corrected chi connectivity index (χ4v) is 0.976. The van der Waals surface area contributed by atoms with Crippen LogP contribution in [0.4, 0.5) is 0 Å². The van der Waals surface area contributed by atoms with E-state index < -0.39 is 10.4 Å². The van der Waals surface area contributed by atoms with Crippen molar-refractivity contribution in [1.29, 1.82) is 0 Å². The average molecular weight is 443 g/mol. The Hall–Kier alpha value is 1.22. The molecule has 0 spiro atoms. The van der Waals surface area contributed by atoms with Gasteiger partial charge in [0.15, 0.2) is 0 Å². The number of rotatable bonds is 1. The van der Waals surface area contributed by atoms with Crippen molar-refractivity contribution in [3.8, 4) is 5.75 Å². The monoisotopic (exact) mass is 440 g/mol. The van der Waals surface area contributed by atoms with Gasteiger partial charge in [0.2, 0.25) is 0 Å². The van der Waals surface area contributed by atoms with Crippen molar-refractivity contribution < 1.29 is 14.2 Å². The van der Waals surface area contributed by atoms with Crippen molar-refractivity contribution in [3.05, 3.63) is 29.8 Å². The minimum Gasteiger partial charge on any atom is -0.508 e. The molecule has 0 heterocycles.